The number of aromatic nitrogens is 1. The van der Waals surface area contributed by atoms with Crippen LogP contribution in [0.1, 0.15) is 23.1 Å². The van der Waals surface area contributed by atoms with E-state index in [9.17, 15) is 13.2 Å². The maximum atomic E-state index is 12.5. The molecule has 0 saturated carbocycles. The topological polar surface area (TPSA) is 67.3 Å². The molecule has 0 unspecified atom stereocenters. The third-order valence-electron chi connectivity index (χ3n) is 4.92. The van der Waals surface area contributed by atoms with E-state index in [4.69, 9.17) is 4.98 Å². The van der Waals surface area contributed by atoms with Crippen molar-refractivity contribution >= 4 is 38.4 Å². The third kappa shape index (κ3) is 4.04. The number of sulfone groups is 1. The Kier molecular flexibility index (Phi) is 5.30. The number of benzene rings is 1. The van der Waals surface area contributed by atoms with Crippen molar-refractivity contribution in [2.24, 2.45) is 0 Å². The van der Waals surface area contributed by atoms with Gasteiger partial charge in [-0.25, -0.2) is 13.4 Å². The van der Waals surface area contributed by atoms with E-state index in [1.807, 2.05) is 6.07 Å². The van der Waals surface area contributed by atoms with Gasteiger partial charge in [-0.2, -0.15) is 0 Å². The van der Waals surface area contributed by atoms with Crippen LogP contribution in [0, 0.1) is 20.8 Å². The van der Waals surface area contributed by atoms with E-state index in [2.05, 4.69) is 32.9 Å². The molecule has 140 valence electrons. The molecule has 1 aromatic carbocycles. The Morgan fingerprint density at radius 2 is 1.96 bits per heavy atom. The summed E-state index contributed by atoms with van der Waals surface area (Å²) in [5.74, 6) is 0.450. The molecule has 2 aromatic rings. The minimum atomic E-state index is -2.99. The number of nitrogens with zero attached hydrogens (tertiary/aromatic N) is 2. The highest BCUT2D eigenvalue weighted by Crippen LogP contribution is 2.27. The number of pyridine rings is 1. The smallest absolute Gasteiger partial charge is 0.233 e. The summed E-state index contributed by atoms with van der Waals surface area (Å²) in [4.78, 5) is 18.8. The second kappa shape index (κ2) is 7.19. The molecule has 1 fully saturated rings. The van der Waals surface area contributed by atoms with Crippen molar-refractivity contribution in [2.45, 2.75) is 38.3 Å². The van der Waals surface area contributed by atoms with Crippen LogP contribution in [0.2, 0.25) is 0 Å². The lowest BCUT2D eigenvalue weighted by Gasteiger charge is -2.23. The van der Waals surface area contributed by atoms with Crippen LogP contribution in [0.3, 0.4) is 0 Å². The first kappa shape index (κ1) is 19.2. The number of hydrogen-bond acceptors (Lipinski definition) is 5. The number of hydrogen-bond donors (Lipinski definition) is 0. The van der Waals surface area contributed by atoms with Gasteiger partial charge in [-0.15, -0.1) is 0 Å². The quantitative estimate of drug-likeness (QED) is 0.749. The number of amides is 1. The number of rotatable bonds is 4. The summed E-state index contributed by atoms with van der Waals surface area (Å²) in [5, 5.41) is 1.97. The molecule has 1 saturated heterocycles. The molecule has 1 aromatic heterocycles. The molecule has 0 spiro atoms. The Hall–Kier alpha value is -1.60. The van der Waals surface area contributed by atoms with Gasteiger partial charge in [-0.3, -0.25) is 4.79 Å². The highest BCUT2D eigenvalue weighted by atomic mass is 32.2. The summed E-state index contributed by atoms with van der Waals surface area (Å²) in [6, 6.07) is 6.06. The van der Waals surface area contributed by atoms with Crippen LogP contribution in [0.4, 0.5) is 0 Å². The Labute approximate surface area is 159 Å². The fourth-order valence-corrected chi connectivity index (χ4v) is 6.08. The average Bonchev–Trinajstić information content (AvgIpc) is 2.93. The van der Waals surface area contributed by atoms with Crippen molar-refractivity contribution in [1.82, 2.24) is 9.88 Å². The molecule has 1 amide bonds. The summed E-state index contributed by atoms with van der Waals surface area (Å²) in [5.41, 5.74) is 4.46. The lowest BCUT2D eigenvalue weighted by atomic mass is 10.0. The van der Waals surface area contributed by atoms with Crippen molar-refractivity contribution in [1.29, 1.82) is 0 Å². The van der Waals surface area contributed by atoms with Crippen molar-refractivity contribution in [3.8, 4) is 0 Å². The lowest BCUT2D eigenvalue weighted by Crippen LogP contribution is -2.38. The monoisotopic (exact) mass is 392 g/mol. The summed E-state index contributed by atoms with van der Waals surface area (Å²) >= 11 is 1.41. The van der Waals surface area contributed by atoms with Gasteiger partial charge >= 0.3 is 0 Å². The molecule has 26 heavy (non-hydrogen) atoms. The van der Waals surface area contributed by atoms with E-state index in [1.165, 1.54) is 17.3 Å². The van der Waals surface area contributed by atoms with Gasteiger partial charge in [0.25, 0.3) is 0 Å². The first-order valence-electron chi connectivity index (χ1n) is 8.64. The van der Waals surface area contributed by atoms with E-state index in [1.54, 1.807) is 11.9 Å². The third-order valence-corrected chi connectivity index (χ3v) is 7.57. The summed E-state index contributed by atoms with van der Waals surface area (Å²) in [6.45, 7) is 6.19. The molecule has 5 nitrogen and oxygen atoms in total. The van der Waals surface area contributed by atoms with Crippen LogP contribution in [-0.4, -0.2) is 54.6 Å². The Morgan fingerprint density at radius 3 is 2.62 bits per heavy atom. The molecule has 2 heterocycles. The molecule has 3 rings (SSSR count). The maximum Gasteiger partial charge on any atom is 0.233 e. The van der Waals surface area contributed by atoms with E-state index in [-0.39, 0.29) is 29.2 Å². The Balaban J connectivity index is 1.72. The van der Waals surface area contributed by atoms with Gasteiger partial charge in [-0.05, 0) is 50.5 Å². The molecule has 0 N–H and O–H groups in total. The van der Waals surface area contributed by atoms with E-state index >= 15 is 0 Å². The van der Waals surface area contributed by atoms with Gasteiger partial charge in [-0.1, -0.05) is 23.4 Å². The predicted octanol–water partition coefficient (Wildman–Crippen LogP) is 2.90. The fourth-order valence-electron chi connectivity index (χ4n) is 3.41. The average molecular weight is 393 g/mol. The summed E-state index contributed by atoms with van der Waals surface area (Å²) in [7, 11) is -1.30. The minimum Gasteiger partial charge on any atom is -0.341 e. The van der Waals surface area contributed by atoms with E-state index in [0.717, 1.165) is 27.1 Å². The van der Waals surface area contributed by atoms with Crippen molar-refractivity contribution in [3.05, 3.63) is 34.9 Å². The highest BCUT2D eigenvalue weighted by Gasteiger charge is 2.32. The number of carbonyl (C=O) groups is 1. The van der Waals surface area contributed by atoms with Crippen LogP contribution in [-0.2, 0) is 14.6 Å². The first-order valence-corrected chi connectivity index (χ1v) is 11.4. The molecular weight excluding hydrogens is 368 g/mol. The first-order chi connectivity index (χ1) is 12.2. The molecule has 1 aliphatic rings. The van der Waals surface area contributed by atoms with Gasteiger partial charge in [0, 0.05) is 18.5 Å². The molecule has 7 heteroatoms. The minimum absolute atomic E-state index is 0.0581. The van der Waals surface area contributed by atoms with Gasteiger partial charge in [0.1, 0.15) is 0 Å². The number of thioether (sulfide) groups is 1. The largest absolute Gasteiger partial charge is 0.341 e. The zero-order valence-corrected chi connectivity index (χ0v) is 17.2. The second-order valence-electron chi connectivity index (χ2n) is 7.11. The molecule has 0 radical (unpaired) electrons. The summed E-state index contributed by atoms with van der Waals surface area (Å²) in [6.07, 6.45) is 0.529. The maximum absolute atomic E-state index is 12.5. The Bertz CT molecular complexity index is 970. The predicted molar refractivity (Wildman–Crippen MR) is 107 cm³/mol. The number of carbonyl (C=O) groups excluding carboxylic acids is 1. The molecule has 1 atom stereocenters. The van der Waals surface area contributed by atoms with E-state index in [0.29, 0.717) is 6.42 Å². The highest BCUT2D eigenvalue weighted by molar-refractivity contribution is 7.99. The van der Waals surface area contributed by atoms with Crippen LogP contribution in [0.25, 0.3) is 10.9 Å². The standard InChI is InChI=1S/C19H24N2O3S2/c1-12-7-14(3)19-16(8-12)13(2)9-17(20-19)25-10-18(22)21(4)15-5-6-26(23,24)11-15/h7-9,15H,5-6,10-11H2,1-4H3/t15-/m0/s1. The Morgan fingerprint density at radius 1 is 1.23 bits per heavy atom. The fraction of sp³-hybridized carbons (Fsp3) is 0.474. The van der Waals surface area contributed by atoms with Crippen LogP contribution in [0.5, 0.6) is 0 Å². The van der Waals surface area contributed by atoms with Crippen LogP contribution < -0.4 is 0 Å². The van der Waals surface area contributed by atoms with Gasteiger partial charge in [0.2, 0.25) is 5.91 Å². The van der Waals surface area contributed by atoms with Crippen LogP contribution >= 0.6 is 11.8 Å². The molecule has 0 aliphatic carbocycles. The zero-order valence-electron chi connectivity index (χ0n) is 15.6. The van der Waals surface area contributed by atoms with Crippen molar-refractivity contribution < 1.29 is 13.2 Å². The van der Waals surface area contributed by atoms with Gasteiger partial charge in [0.15, 0.2) is 9.84 Å². The van der Waals surface area contributed by atoms with E-state index < -0.39 is 9.84 Å². The SMILES string of the molecule is Cc1cc(C)c2nc(SCC(=O)N(C)[C@H]3CCS(=O)(=O)C3)cc(C)c2c1. The summed E-state index contributed by atoms with van der Waals surface area (Å²) < 4.78 is 23.2. The normalized spacial score (nSPS) is 19.0. The van der Waals surface area contributed by atoms with Crippen LogP contribution in [0.15, 0.2) is 23.2 Å². The molecule has 1 aliphatic heterocycles. The number of fused-ring (bicyclic) bond motifs is 1. The molecule has 0 bridgehead atoms. The van der Waals surface area contributed by atoms with Gasteiger partial charge in [0.05, 0.1) is 27.8 Å². The second-order valence-corrected chi connectivity index (χ2v) is 10.3. The number of aryl methyl sites for hydroxylation is 3. The molecular formula is C19H24N2O3S2. The van der Waals surface area contributed by atoms with Crippen molar-refractivity contribution in [2.75, 3.05) is 24.3 Å². The lowest BCUT2D eigenvalue weighted by molar-refractivity contribution is -0.128. The van der Waals surface area contributed by atoms with Gasteiger partial charge < -0.3 is 4.90 Å². The zero-order chi connectivity index (χ0) is 19.1. The van der Waals surface area contributed by atoms with Crippen molar-refractivity contribution in [3.63, 3.8) is 0 Å².